The number of alkyl carbamates (subject to hydrolysis) is 1. The van der Waals surface area contributed by atoms with E-state index < -0.39 is 5.60 Å². The maximum Gasteiger partial charge on any atom is 0.407 e. The van der Waals surface area contributed by atoms with Gasteiger partial charge in [-0.2, -0.15) is 0 Å². The lowest BCUT2D eigenvalue weighted by Gasteiger charge is -2.25. The molecule has 0 bridgehead atoms. The number of hydrogen-bond acceptors (Lipinski definition) is 4. The third-order valence-electron chi connectivity index (χ3n) is 3.33. The number of amides is 1. The van der Waals surface area contributed by atoms with Crippen LogP contribution in [0.3, 0.4) is 0 Å². The fourth-order valence-electron chi connectivity index (χ4n) is 2.19. The predicted molar refractivity (Wildman–Crippen MR) is 87.8 cm³/mol. The van der Waals surface area contributed by atoms with Gasteiger partial charge < -0.3 is 19.8 Å². The first-order chi connectivity index (χ1) is 10.3. The summed E-state index contributed by atoms with van der Waals surface area (Å²) in [6.45, 7) is 10.4. The van der Waals surface area contributed by atoms with Crippen molar-refractivity contribution in [1.82, 2.24) is 10.6 Å². The Morgan fingerprint density at radius 1 is 1.41 bits per heavy atom. The van der Waals surface area contributed by atoms with Gasteiger partial charge in [0.15, 0.2) is 0 Å². The molecule has 126 valence electrons. The minimum atomic E-state index is -0.472. The highest BCUT2D eigenvalue weighted by Gasteiger charge is 2.18. The summed E-state index contributed by atoms with van der Waals surface area (Å²) >= 11 is 0. The summed E-state index contributed by atoms with van der Waals surface area (Å²) in [5.41, 5.74) is 0.638. The molecule has 5 heteroatoms. The van der Waals surface area contributed by atoms with Crippen LogP contribution in [0.5, 0.6) is 0 Å². The number of ether oxygens (including phenoxy) is 1. The molecule has 22 heavy (non-hydrogen) atoms. The van der Waals surface area contributed by atoms with Crippen molar-refractivity contribution in [2.75, 3.05) is 6.54 Å². The average Bonchev–Trinajstić information content (AvgIpc) is 2.93. The third kappa shape index (κ3) is 7.50. The van der Waals surface area contributed by atoms with Crippen LogP contribution in [0.25, 0.3) is 0 Å². The summed E-state index contributed by atoms with van der Waals surface area (Å²) in [7, 11) is 0. The van der Waals surface area contributed by atoms with E-state index in [0.29, 0.717) is 6.54 Å². The fraction of sp³-hybridized carbons (Fsp3) is 0.706. The number of rotatable bonds is 8. The largest absolute Gasteiger partial charge is 0.472 e. The Balaban J connectivity index is 2.48. The number of unbranched alkanes of at least 4 members (excludes halogenated alkanes) is 1. The Morgan fingerprint density at radius 2 is 2.14 bits per heavy atom. The predicted octanol–water partition coefficient (Wildman–Crippen LogP) is 4.01. The summed E-state index contributed by atoms with van der Waals surface area (Å²) < 4.78 is 10.4. The molecule has 5 nitrogen and oxygen atoms in total. The first kappa shape index (κ1) is 18.6. The zero-order valence-electron chi connectivity index (χ0n) is 14.4. The van der Waals surface area contributed by atoms with Gasteiger partial charge in [0.2, 0.25) is 0 Å². The van der Waals surface area contributed by atoms with E-state index in [0.717, 1.165) is 24.8 Å². The van der Waals surface area contributed by atoms with E-state index in [2.05, 4.69) is 24.5 Å². The van der Waals surface area contributed by atoms with Gasteiger partial charge >= 0.3 is 6.09 Å². The van der Waals surface area contributed by atoms with Gasteiger partial charge in [0, 0.05) is 24.2 Å². The fourth-order valence-corrected chi connectivity index (χ4v) is 2.19. The summed E-state index contributed by atoms with van der Waals surface area (Å²) in [6, 6.07) is 2.34. The third-order valence-corrected chi connectivity index (χ3v) is 3.33. The van der Waals surface area contributed by atoms with Crippen LogP contribution in [-0.2, 0) is 4.74 Å². The molecule has 0 radical (unpaired) electrons. The maximum atomic E-state index is 11.8. The molecule has 1 amide bonds. The molecular formula is C17H30N2O3. The minimum absolute atomic E-state index is 0.182. The van der Waals surface area contributed by atoms with E-state index in [1.54, 1.807) is 12.5 Å². The molecule has 0 saturated heterocycles. The zero-order valence-corrected chi connectivity index (χ0v) is 14.4. The second-order valence-electron chi connectivity index (χ2n) is 6.67. The van der Waals surface area contributed by atoms with Crippen molar-refractivity contribution in [3.63, 3.8) is 0 Å². The van der Waals surface area contributed by atoms with E-state index in [-0.39, 0.29) is 18.2 Å². The van der Waals surface area contributed by atoms with Crippen LogP contribution < -0.4 is 10.6 Å². The Hall–Kier alpha value is -1.49. The van der Waals surface area contributed by atoms with Crippen molar-refractivity contribution >= 4 is 6.09 Å². The molecule has 1 aromatic rings. The lowest BCUT2D eigenvalue weighted by molar-refractivity contribution is 0.0521. The number of furan rings is 1. The van der Waals surface area contributed by atoms with Gasteiger partial charge in [-0.15, -0.1) is 0 Å². The lowest BCUT2D eigenvalue weighted by Crippen LogP contribution is -2.43. The van der Waals surface area contributed by atoms with Crippen LogP contribution in [0.15, 0.2) is 23.0 Å². The Labute approximate surface area is 133 Å². The molecule has 0 fully saturated rings. The summed E-state index contributed by atoms with van der Waals surface area (Å²) in [6.07, 6.45) is 6.31. The maximum absolute atomic E-state index is 11.8. The van der Waals surface area contributed by atoms with Crippen LogP contribution in [0.2, 0.25) is 0 Å². The van der Waals surface area contributed by atoms with E-state index in [1.165, 1.54) is 0 Å². The quantitative estimate of drug-likeness (QED) is 0.761. The molecule has 0 aliphatic heterocycles. The van der Waals surface area contributed by atoms with E-state index >= 15 is 0 Å². The van der Waals surface area contributed by atoms with Crippen LogP contribution in [-0.4, -0.2) is 24.3 Å². The standard InChI is InChI=1S/C17H30N2O3/c1-6-7-8-15(11-18-16(20)22-17(3,4)5)19-13(2)14-9-10-21-12-14/h9-10,12-13,15,19H,6-8,11H2,1-5H3,(H,18,20). The van der Waals surface area contributed by atoms with Crippen LogP contribution in [0.1, 0.15) is 65.5 Å². The second kappa shape index (κ2) is 8.83. The smallest absolute Gasteiger partial charge is 0.407 e. The topological polar surface area (TPSA) is 63.5 Å². The van der Waals surface area contributed by atoms with E-state index in [4.69, 9.17) is 9.15 Å². The van der Waals surface area contributed by atoms with E-state index in [1.807, 2.05) is 26.8 Å². The number of hydrogen-bond donors (Lipinski definition) is 2. The first-order valence-electron chi connectivity index (χ1n) is 8.06. The van der Waals surface area contributed by atoms with Crippen molar-refractivity contribution in [1.29, 1.82) is 0 Å². The van der Waals surface area contributed by atoms with Gasteiger partial charge in [0.25, 0.3) is 0 Å². The zero-order chi connectivity index (χ0) is 16.6. The summed E-state index contributed by atoms with van der Waals surface area (Å²) in [5, 5.41) is 6.39. The van der Waals surface area contributed by atoms with Crippen LogP contribution in [0, 0.1) is 0 Å². The molecule has 0 aliphatic rings. The highest BCUT2D eigenvalue weighted by Crippen LogP contribution is 2.14. The summed E-state index contributed by atoms with van der Waals surface area (Å²) in [5.74, 6) is 0. The molecule has 0 spiro atoms. The normalized spacial score (nSPS) is 14.4. The number of carbonyl (C=O) groups excluding carboxylic acids is 1. The lowest BCUT2D eigenvalue weighted by atomic mass is 10.1. The Morgan fingerprint density at radius 3 is 2.68 bits per heavy atom. The number of carbonyl (C=O) groups is 1. The van der Waals surface area contributed by atoms with E-state index in [9.17, 15) is 4.79 Å². The van der Waals surface area contributed by atoms with Crippen molar-refractivity contribution < 1.29 is 13.9 Å². The SMILES string of the molecule is CCCCC(CNC(=O)OC(C)(C)C)NC(C)c1ccoc1. The van der Waals surface area contributed by atoms with Crippen molar-refractivity contribution in [3.8, 4) is 0 Å². The highest BCUT2D eigenvalue weighted by atomic mass is 16.6. The number of nitrogens with one attached hydrogen (secondary N) is 2. The molecule has 1 aromatic heterocycles. The second-order valence-corrected chi connectivity index (χ2v) is 6.67. The van der Waals surface area contributed by atoms with Crippen molar-refractivity contribution in [2.45, 2.75) is 71.6 Å². The van der Waals surface area contributed by atoms with Crippen molar-refractivity contribution in [2.24, 2.45) is 0 Å². The molecule has 1 heterocycles. The van der Waals surface area contributed by atoms with Crippen molar-refractivity contribution in [3.05, 3.63) is 24.2 Å². The van der Waals surface area contributed by atoms with Gasteiger partial charge in [-0.25, -0.2) is 4.79 Å². The Bertz CT molecular complexity index is 424. The molecular weight excluding hydrogens is 280 g/mol. The Kier molecular flexibility index (Phi) is 7.45. The van der Waals surface area contributed by atoms with Crippen LogP contribution in [0.4, 0.5) is 4.79 Å². The monoisotopic (exact) mass is 310 g/mol. The summed E-state index contributed by atoms with van der Waals surface area (Å²) in [4.78, 5) is 11.8. The molecule has 0 saturated carbocycles. The van der Waals surface area contributed by atoms with Gasteiger partial charge in [0.05, 0.1) is 12.5 Å². The molecule has 2 N–H and O–H groups in total. The molecule has 0 aromatic carbocycles. The highest BCUT2D eigenvalue weighted by molar-refractivity contribution is 5.67. The average molecular weight is 310 g/mol. The van der Waals surface area contributed by atoms with Gasteiger partial charge in [-0.3, -0.25) is 0 Å². The molecule has 1 rings (SSSR count). The van der Waals surface area contributed by atoms with Gasteiger partial charge in [-0.05, 0) is 40.2 Å². The first-order valence-corrected chi connectivity index (χ1v) is 8.06. The van der Waals surface area contributed by atoms with Gasteiger partial charge in [0.1, 0.15) is 5.60 Å². The molecule has 2 unspecified atom stereocenters. The van der Waals surface area contributed by atoms with Crippen LogP contribution >= 0.6 is 0 Å². The molecule has 0 aliphatic carbocycles. The minimum Gasteiger partial charge on any atom is -0.472 e. The molecule has 2 atom stereocenters. The van der Waals surface area contributed by atoms with Gasteiger partial charge in [-0.1, -0.05) is 19.8 Å².